The van der Waals surface area contributed by atoms with Crippen LogP contribution in [-0.4, -0.2) is 17.6 Å². The lowest BCUT2D eigenvalue weighted by molar-refractivity contribution is 0.0515. The van der Waals surface area contributed by atoms with Gasteiger partial charge in [0.1, 0.15) is 9.76 Å². The zero-order valence-electron chi connectivity index (χ0n) is 8.14. The molecule has 0 amide bonds. The topological polar surface area (TPSA) is 39.2 Å². The maximum atomic E-state index is 12.7. The van der Waals surface area contributed by atoms with Crippen LogP contribution in [0.2, 0.25) is 5.15 Å². The van der Waals surface area contributed by atoms with E-state index in [1.807, 2.05) is 0 Å². The Morgan fingerprint density at radius 3 is 2.81 bits per heavy atom. The summed E-state index contributed by atoms with van der Waals surface area (Å²) >= 11 is 8.51. The fourth-order valence-electron chi connectivity index (χ4n) is 1.08. The Hall–Kier alpha value is -0.750. The predicted molar refractivity (Wildman–Crippen MR) is 57.9 cm³/mol. The number of carbonyl (C=O) groups is 1. The second-order valence-electron chi connectivity index (χ2n) is 2.72. The van der Waals surface area contributed by atoms with E-state index in [-0.39, 0.29) is 16.8 Å². The van der Waals surface area contributed by atoms with Gasteiger partial charge in [-0.25, -0.2) is 18.6 Å². The first kappa shape index (κ1) is 13.3. The molecule has 1 rings (SSSR count). The van der Waals surface area contributed by atoms with Crippen LogP contribution in [-0.2, 0) is 4.74 Å². The van der Waals surface area contributed by atoms with Gasteiger partial charge < -0.3 is 4.74 Å². The van der Waals surface area contributed by atoms with Gasteiger partial charge in [0.15, 0.2) is 0 Å². The number of alkyl halides is 2. The third kappa shape index (κ3) is 2.89. The normalized spacial score (nSPS) is 10.6. The Bertz CT molecular complexity index is 415. The van der Waals surface area contributed by atoms with Gasteiger partial charge in [-0.2, -0.15) is 0 Å². The van der Waals surface area contributed by atoms with Crippen molar-refractivity contribution in [3.63, 3.8) is 0 Å². The quantitative estimate of drug-likeness (QED) is 0.632. The van der Waals surface area contributed by atoms with Crippen molar-refractivity contribution in [2.24, 2.45) is 0 Å². The minimum Gasteiger partial charge on any atom is -0.462 e. The van der Waals surface area contributed by atoms with Crippen molar-refractivity contribution in [1.82, 2.24) is 4.98 Å². The third-order valence-electron chi connectivity index (χ3n) is 1.69. The molecule has 1 aromatic heterocycles. The van der Waals surface area contributed by atoms with E-state index in [0.717, 1.165) is 6.07 Å². The molecule has 0 N–H and O–H groups in total. The Morgan fingerprint density at radius 2 is 2.31 bits per heavy atom. The zero-order valence-corrected chi connectivity index (χ0v) is 10.5. The van der Waals surface area contributed by atoms with Crippen molar-refractivity contribution in [3.8, 4) is 0 Å². The van der Waals surface area contributed by atoms with Crippen LogP contribution in [0.5, 0.6) is 0 Å². The maximum Gasteiger partial charge on any atom is 0.338 e. The highest BCUT2D eigenvalue weighted by molar-refractivity contribution is 9.10. The van der Waals surface area contributed by atoms with E-state index in [1.165, 1.54) is 0 Å². The van der Waals surface area contributed by atoms with Crippen LogP contribution in [0.4, 0.5) is 8.78 Å². The molecule has 88 valence electrons. The highest BCUT2D eigenvalue weighted by Crippen LogP contribution is 2.31. The molecule has 0 aliphatic carbocycles. The van der Waals surface area contributed by atoms with Crippen LogP contribution in [0.3, 0.4) is 0 Å². The molecule has 16 heavy (non-hydrogen) atoms. The first-order valence-electron chi connectivity index (χ1n) is 4.28. The van der Waals surface area contributed by atoms with E-state index in [4.69, 9.17) is 11.6 Å². The van der Waals surface area contributed by atoms with Gasteiger partial charge in [-0.3, -0.25) is 0 Å². The number of esters is 1. The summed E-state index contributed by atoms with van der Waals surface area (Å²) in [5.41, 5.74) is -0.882. The number of nitrogens with zero attached hydrogens (tertiary/aromatic N) is 1. The van der Waals surface area contributed by atoms with Gasteiger partial charge in [0.2, 0.25) is 0 Å². The molecule has 0 atom stereocenters. The van der Waals surface area contributed by atoms with Crippen LogP contribution in [0.25, 0.3) is 0 Å². The minimum absolute atomic E-state index is 0.0963. The van der Waals surface area contributed by atoms with Crippen molar-refractivity contribution in [2.45, 2.75) is 13.3 Å². The van der Waals surface area contributed by atoms with Crippen LogP contribution in [0, 0.1) is 0 Å². The fraction of sp³-hybridized carbons (Fsp3) is 0.333. The molecule has 0 unspecified atom stereocenters. The van der Waals surface area contributed by atoms with Gasteiger partial charge >= 0.3 is 5.97 Å². The number of pyridine rings is 1. The molecule has 3 nitrogen and oxygen atoms in total. The van der Waals surface area contributed by atoms with Gasteiger partial charge in [-0.1, -0.05) is 11.6 Å². The summed E-state index contributed by atoms with van der Waals surface area (Å²) in [6.07, 6.45) is -2.88. The number of halogens is 4. The molecule has 0 saturated carbocycles. The van der Waals surface area contributed by atoms with E-state index in [2.05, 4.69) is 25.7 Å². The lowest BCUT2D eigenvalue weighted by Crippen LogP contribution is -2.10. The Labute approximate surface area is 104 Å². The van der Waals surface area contributed by atoms with E-state index in [9.17, 15) is 13.6 Å². The molecule has 7 heteroatoms. The van der Waals surface area contributed by atoms with Crippen LogP contribution >= 0.6 is 27.5 Å². The summed E-state index contributed by atoms with van der Waals surface area (Å²) in [6.45, 7) is 1.68. The largest absolute Gasteiger partial charge is 0.462 e. The Morgan fingerprint density at radius 1 is 1.69 bits per heavy atom. The van der Waals surface area contributed by atoms with Crippen molar-refractivity contribution in [2.75, 3.05) is 6.61 Å². The molecular formula is C9H7BrClF2NO2. The Kier molecular flexibility index (Phi) is 4.61. The monoisotopic (exact) mass is 313 g/mol. The van der Waals surface area contributed by atoms with Gasteiger partial charge in [-0.05, 0) is 28.9 Å². The van der Waals surface area contributed by atoms with Gasteiger partial charge in [0.05, 0.1) is 17.7 Å². The SMILES string of the molecule is CCOC(=O)c1cc(Br)nc(Cl)c1C(F)F. The number of carbonyl (C=O) groups excluding carboxylic acids is 1. The molecular weight excluding hydrogens is 307 g/mol. The van der Waals surface area contributed by atoms with E-state index in [1.54, 1.807) is 6.92 Å². The molecule has 0 aliphatic heterocycles. The fourth-order valence-corrected chi connectivity index (χ4v) is 1.86. The number of hydrogen-bond acceptors (Lipinski definition) is 3. The second kappa shape index (κ2) is 5.54. The molecule has 0 aliphatic rings. The van der Waals surface area contributed by atoms with Crippen LogP contribution < -0.4 is 0 Å². The molecule has 1 heterocycles. The van der Waals surface area contributed by atoms with Crippen molar-refractivity contribution in [1.29, 1.82) is 0 Å². The number of hydrogen-bond donors (Lipinski definition) is 0. The first-order valence-corrected chi connectivity index (χ1v) is 5.45. The predicted octanol–water partition coefficient (Wildman–Crippen LogP) is 3.61. The third-order valence-corrected chi connectivity index (χ3v) is 2.39. The zero-order chi connectivity index (χ0) is 12.3. The van der Waals surface area contributed by atoms with Crippen molar-refractivity contribution < 1.29 is 18.3 Å². The summed E-state index contributed by atoms with van der Waals surface area (Å²) < 4.78 is 30.2. The first-order chi connectivity index (χ1) is 7.47. The lowest BCUT2D eigenvalue weighted by Gasteiger charge is -2.09. The molecule has 0 aromatic carbocycles. The van der Waals surface area contributed by atoms with Crippen LogP contribution in [0.1, 0.15) is 29.3 Å². The van der Waals surface area contributed by atoms with Gasteiger partial charge in [0.25, 0.3) is 6.43 Å². The Balaban J connectivity index is 3.29. The van der Waals surface area contributed by atoms with Gasteiger partial charge in [-0.15, -0.1) is 0 Å². The summed E-state index contributed by atoms with van der Waals surface area (Å²) in [5.74, 6) is -0.845. The van der Waals surface area contributed by atoms with E-state index < -0.39 is 23.1 Å². The molecule has 0 radical (unpaired) electrons. The van der Waals surface area contributed by atoms with Crippen molar-refractivity contribution >= 4 is 33.5 Å². The van der Waals surface area contributed by atoms with Gasteiger partial charge in [0, 0.05) is 0 Å². The smallest absolute Gasteiger partial charge is 0.338 e. The highest BCUT2D eigenvalue weighted by atomic mass is 79.9. The highest BCUT2D eigenvalue weighted by Gasteiger charge is 2.24. The minimum atomic E-state index is -2.88. The summed E-state index contributed by atoms with van der Waals surface area (Å²) in [6, 6.07) is 1.16. The average molecular weight is 315 g/mol. The molecule has 0 saturated heterocycles. The average Bonchev–Trinajstić information content (AvgIpc) is 2.15. The summed E-state index contributed by atoms with van der Waals surface area (Å²) in [5, 5.41) is -0.410. The summed E-state index contributed by atoms with van der Waals surface area (Å²) in [7, 11) is 0. The van der Waals surface area contributed by atoms with E-state index in [0.29, 0.717) is 0 Å². The molecule has 0 spiro atoms. The van der Waals surface area contributed by atoms with Crippen molar-refractivity contribution in [3.05, 3.63) is 26.9 Å². The molecule has 1 aromatic rings. The van der Waals surface area contributed by atoms with Crippen LogP contribution in [0.15, 0.2) is 10.7 Å². The second-order valence-corrected chi connectivity index (χ2v) is 3.89. The molecule has 0 bridgehead atoms. The summed E-state index contributed by atoms with van der Waals surface area (Å²) in [4.78, 5) is 15.0. The number of rotatable bonds is 3. The maximum absolute atomic E-state index is 12.7. The number of aromatic nitrogens is 1. The molecule has 0 fully saturated rings. The number of ether oxygens (including phenoxy) is 1. The lowest BCUT2D eigenvalue weighted by atomic mass is 10.1. The van der Waals surface area contributed by atoms with E-state index >= 15 is 0 Å². The standard InChI is InChI=1S/C9H7BrClF2NO2/c1-2-16-9(15)4-3-5(10)14-7(11)6(4)8(12)13/h3,8H,2H2,1H3.